The number of hydrogen-bond acceptors (Lipinski definition) is 9. The Labute approximate surface area is 177 Å². The molecule has 0 bridgehead atoms. The Bertz CT molecular complexity index is 1050. The molecule has 1 N–H and O–H groups in total. The zero-order chi connectivity index (χ0) is 21.8. The number of aromatic nitrogens is 4. The second kappa shape index (κ2) is 8.94. The standard InChI is InChI=1S/C20H20F2N8O/c1-12-16(30(29-26-12)18-5-3-14(10-25-18)20(21)22)11-31-19-6-4-15(27-28-19)13-7-8-24-17(9-13)23-2/h3-10,12,16,20H,11H2,1-2H3,(H,23,24). The van der Waals surface area contributed by atoms with Crippen molar-refractivity contribution in [3.05, 3.63) is 54.4 Å². The molecule has 31 heavy (non-hydrogen) atoms. The Morgan fingerprint density at radius 3 is 2.68 bits per heavy atom. The molecular formula is C20H20F2N8O. The van der Waals surface area contributed by atoms with E-state index < -0.39 is 6.43 Å². The van der Waals surface area contributed by atoms with Crippen LogP contribution >= 0.6 is 0 Å². The Balaban J connectivity index is 1.42. The third-order valence-electron chi connectivity index (χ3n) is 4.81. The first-order chi connectivity index (χ1) is 15.0. The minimum Gasteiger partial charge on any atom is -0.474 e. The largest absolute Gasteiger partial charge is 0.474 e. The molecule has 1 aliphatic rings. The number of hydrogen-bond donors (Lipinski definition) is 1. The van der Waals surface area contributed by atoms with Crippen molar-refractivity contribution in [1.82, 2.24) is 20.2 Å². The van der Waals surface area contributed by atoms with Crippen LogP contribution in [0.3, 0.4) is 0 Å². The predicted octanol–water partition coefficient (Wildman–Crippen LogP) is 3.94. The topological polar surface area (TPSA) is 101 Å². The van der Waals surface area contributed by atoms with Gasteiger partial charge >= 0.3 is 0 Å². The van der Waals surface area contributed by atoms with Crippen LogP contribution in [0.2, 0.25) is 0 Å². The molecule has 3 aromatic heterocycles. The molecule has 2 atom stereocenters. The summed E-state index contributed by atoms with van der Waals surface area (Å²) >= 11 is 0. The van der Waals surface area contributed by atoms with Crippen molar-refractivity contribution in [2.24, 2.45) is 10.3 Å². The smallest absolute Gasteiger partial charge is 0.265 e. The molecule has 0 amide bonds. The van der Waals surface area contributed by atoms with E-state index >= 15 is 0 Å². The lowest BCUT2D eigenvalue weighted by Crippen LogP contribution is -2.39. The van der Waals surface area contributed by atoms with Crippen LogP contribution in [0.15, 0.2) is 59.1 Å². The van der Waals surface area contributed by atoms with E-state index in [1.165, 1.54) is 12.1 Å². The van der Waals surface area contributed by atoms with Gasteiger partial charge in [0.2, 0.25) is 5.88 Å². The molecule has 4 heterocycles. The first-order valence-electron chi connectivity index (χ1n) is 9.60. The maximum absolute atomic E-state index is 12.8. The van der Waals surface area contributed by atoms with Crippen molar-refractivity contribution in [2.45, 2.75) is 25.4 Å². The molecule has 0 spiro atoms. The Hall–Kier alpha value is -3.76. The van der Waals surface area contributed by atoms with Crippen LogP contribution in [0, 0.1) is 0 Å². The molecule has 4 rings (SSSR count). The van der Waals surface area contributed by atoms with Gasteiger partial charge in [-0.3, -0.25) is 0 Å². The molecule has 11 heteroatoms. The molecular weight excluding hydrogens is 406 g/mol. The van der Waals surface area contributed by atoms with E-state index in [1.54, 1.807) is 24.3 Å². The van der Waals surface area contributed by atoms with E-state index in [4.69, 9.17) is 4.74 Å². The molecule has 0 saturated carbocycles. The second-order valence-electron chi connectivity index (χ2n) is 6.86. The summed E-state index contributed by atoms with van der Waals surface area (Å²) < 4.78 is 31.3. The highest BCUT2D eigenvalue weighted by Crippen LogP contribution is 2.27. The van der Waals surface area contributed by atoms with Crippen LogP contribution in [-0.2, 0) is 0 Å². The third-order valence-corrected chi connectivity index (χ3v) is 4.81. The second-order valence-corrected chi connectivity index (χ2v) is 6.86. The van der Waals surface area contributed by atoms with Crippen LogP contribution in [0.5, 0.6) is 5.88 Å². The monoisotopic (exact) mass is 426 g/mol. The molecule has 0 saturated heterocycles. The molecule has 0 fully saturated rings. The number of alkyl halides is 2. The fraction of sp³-hybridized carbons (Fsp3) is 0.300. The fourth-order valence-corrected chi connectivity index (χ4v) is 3.02. The van der Waals surface area contributed by atoms with Crippen molar-refractivity contribution < 1.29 is 13.5 Å². The van der Waals surface area contributed by atoms with Crippen LogP contribution < -0.4 is 15.1 Å². The first-order valence-corrected chi connectivity index (χ1v) is 9.60. The number of rotatable bonds is 7. The van der Waals surface area contributed by atoms with E-state index in [1.807, 2.05) is 25.1 Å². The van der Waals surface area contributed by atoms with Crippen LogP contribution in [0.1, 0.15) is 18.9 Å². The molecule has 2 unspecified atom stereocenters. The molecule has 160 valence electrons. The van der Waals surface area contributed by atoms with Gasteiger partial charge in [-0.2, -0.15) is 5.11 Å². The lowest BCUT2D eigenvalue weighted by Gasteiger charge is -2.23. The lowest BCUT2D eigenvalue weighted by atomic mass is 10.1. The Morgan fingerprint density at radius 1 is 1.13 bits per heavy atom. The van der Waals surface area contributed by atoms with E-state index in [2.05, 4.69) is 35.8 Å². The molecule has 0 aromatic carbocycles. The summed E-state index contributed by atoms with van der Waals surface area (Å²) in [7, 11) is 1.79. The van der Waals surface area contributed by atoms with Crippen molar-refractivity contribution in [3.8, 4) is 17.1 Å². The summed E-state index contributed by atoms with van der Waals surface area (Å²) in [6, 6.07) is 9.66. The minimum absolute atomic E-state index is 0.146. The van der Waals surface area contributed by atoms with Gasteiger partial charge in [0.25, 0.3) is 6.43 Å². The van der Waals surface area contributed by atoms with Gasteiger partial charge in [0.1, 0.15) is 18.5 Å². The number of ether oxygens (including phenoxy) is 1. The van der Waals surface area contributed by atoms with Crippen molar-refractivity contribution >= 4 is 11.6 Å². The Kier molecular flexibility index (Phi) is 5.92. The third kappa shape index (κ3) is 4.55. The van der Waals surface area contributed by atoms with Gasteiger partial charge in [-0.15, -0.1) is 10.2 Å². The van der Waals surface area contributed by atoms with E-state index in [-0.39, 0.29) is 24.3 Å². The quantitative estimate of drug-likeness (QED) is 0.611. The average molecular weight is 426 g/mol. The number of pyridine rings is 2. The summed E-state index contributed by atoms with van der Waals surface area (Å²) in [5.41, 5.74) is 1.42. The molecule has 9 nitrogen and oxygen atoms in total. The van der Waals surface area contributed by atoms with Gasteiger partial charge in [0.15, 0.2) is 5.82 Å². The van der Waals surface area contributed by atoms with Crippen molar-refractivity contribution in [1.29, 1.82) is 0 Å². The van der Waals surface area contributed by atoms with E-state index in [0.29, 0.717) is 17.4 Å². The van der Waals surface area contributed by atoms with Crippen LogP contribution in [-0.4, -0.2) is 45.9 Å². The molecule has 1 aliphatic heterocycles. The van der Waals surface area contributed by atoms with Crippen LogP contribution in [0.4, 0.5) is 20.4 Å². The van der Waals surface area contributed by atoms with Gasteiger partial charge in [-0.05, 0) is 37.3 Å². The maximum Gasteiger partial charge on any atom is 0.265 e. The summed E-state index contributed by atoms with van der Waals surface area (Å²) in [4.78, 5) is 8.26. The highest BCUT2D eigenvalue weighted by atomic mass is 19.3. The first kappa shape index (κ1) is 20.5. The lowest BCUT2D eigenvalue weighted by molar-refractivity contribution is 0.151. The van der Waals surface area contributed by atoms with Crippen molar-refractivity contribution in [3.63, 3.8) is 0 Å². The number of nitrogens with one attached hydrogen (secondary N) is 1. The number of halogens is 2. The van der Waals surface area contributed by atoms with E-state index in [0.717, 1.165) is 17.6 Å². The minimum atomic E-state index is -2.57. The molecule has 0 radical (unpaired) electrons. The summed E-state index contributed by atoms with van der Waals surface area (Å²) in [5, 5.41) is 21.2. The molecule has 0 aliphatic carbocycles. The average Bonchev–Trinajstić information content (AvgIpc) is 3.18. The highest BCUT2D eigenvalue weighted by Gasteiger charge is 2.32. The van der Waals surface area contributed by atoms with Gasteiger partial charge < -0.3 is 10.1 Å². The highest BCUT2D eigenvalue weighted by molar-refractivity contribution is 5.62. The maximum atomic E-state index is 12.8. The SMILES string of the molecule is CNc1cc(-c2ccc(OCC3C(C)N=NN3c3ccc(C(F)F)cn3)nn2)ccn1. The summed E-state index contributed by atoms with van der Waals surface area (Å²) in [5.74, 6) is 1.51. The normalized spacial score (nSPS) is 17.9. The van der Waals surface area contributed by atoms with Gasteiger partial charge in [0, 0.05) is 36.6 Å². The zero-order valence-corrected chi connectivity index (χ0v) is 16.9. The predicted molar refractivity (Wildman–Crippen MR) is 110 cm³/mol. The summed E-state index contributed by atoms with van der Waals surface area (Å²) in [6.45, 7) is 2.11. The van der Waals surface area contributed by atoms with Crippen LogP contribution in [0.25, 0.3) is 11.3 Å². The van der Waals surface area contributed by atoms with Gasteiger partial charge in [0.05, 0.1) is 11.7 Å². The zero-order valence-electron chi connectivity index (χ0n) is 16.9. The number of anilines is 2. The summed E-state index contributed by atoms with van der Waals surface area (Å²) in [6.07, 6.45) is 0.260. The fourth-order valence-electron chi connectivity index (χ4n) is 3.02. The number of nitrogens with zero attached hydrogens (tertiary/aromatic N) is 7. The Morgan fingerprint density at radius 2 is 2.00 bits per heavy atom. The van der Waals surface area contributed by atoms with Crippen molar-refractivity contribution in [2.75, 3.05) is 24.0 Å². The molecule has 3 aromatic rings. The van der Waals surface area contributed by atoms with E-state index in [9.17, 15) is 8.78 Å². The van der Waals surface area contributed by atoms with Gasteiger partial charge in [-0.25, -0.2) is 23.8 Å². The van der Waals surface area contributed by atoms with Gasteiger partial charge in [-0.1, -0.05) is 5.22 Å².